The van der Waals surface area contributed by atoms with Gasteiger partial charge in [-0.2, -0.15) is 4.33 Å². The van der Waals surface area contributed by atoms with Crippen molar-refractivity contribution < 1.29 is 42.2 Å². The summed E-state index contributed by atoms with van der Waals surface area (Å²) in [5.41, 5.74) is 6.80. The Kier molecular flexibility index (Phi) is 9.69. The van der Waals surface area contributed by atoms with Gasteiger partial charge in [0, 0.05) is 50.7 Å². The largest absolute Gasteiger partial charge is 0.744 e. The molecule has 0 saturated heterocycles. The van der Waals surface area contributed by atoms with Crippen LogP contribution in [-0.2, 0) is 43.4 Å². The molecule has 0 amide bonds. The van der Waals surface area contributed by atoms with Gasteiger partial charge >= 0.3 is 5.97 Å². The standard InChI is InChI=1S/C53H44N2O9S2/c1-29-6-8-30(9-7-29)25-54-27-52(2,3)46-48(54)42-23-36-19-38(66(59,60)61)17-15-34(36)21-40(42)44-24-43-39-20-33-14-16-37(65-64-63-58)18-35(33)22-41(39)47-45(49(43)62-50(44)46)53(4,5)28-55(47)26-31-10-12-32(13-11-31)51(56)57/h6-24H,25-28H2,1-5H3,(H2-,56,57,58,59,60,61)/p-1. The van der Waals surface area contributed by atoms with Crippen LogP contribution in [0.15, 0.2) is 119 Å². The normalized spacial score (nSPS) is 15.7. The van der Waals surface area contributed by atoms with Gasteiger partial charge in [0.25, 0.3) is 0 Å². The Morgan fingerprint density at radius 1 is 0.788 bits per heavy atom. The molecule has 0 bridgehead atoms. The molecular formula is C53H43N2O9S2-. The molecule has 8 aromatic rings. The molecule has 332 valence electrons. The molecule has 0 saturated carbocycles. The van der Waals surface area contributed by atoms with Gasteiger partial charge in [0.2, 0.25) is 5.36 Å². The van der Waals surface area contributed by atoms with Crippen molar-refractivity contribution in [3.63, 3.8) is 0 Å². The van der Waals surface area contributed by atoms with Crippen LogP contribution in [0.5, 0.6) is 11.5 Å². The van der Waals surface area contributed by atoms with Crippen LogP contribution in [0.1, 0.15) is 71.4 Å². The average molecular weight is 916 g/mol. The fraction of sp³-hybridized carbons (Fsp3) is 0.208. The molecule has 0 aliphatic carbocycles. The fourth-order valence-electron chi connectivity index (χ4n) is 10.7. The number of aromatic carboxylic acids is 1. The smallest absolute Gasteiger partial charge is 0.335 e. The molecule has 0 atom stereocenters. The first-order valence-electron chi connectivity index (χ1n) is 21.6. The summed E-state index contributed by atoms with van der Waals surface area (Å²) in [5.74, 6) is 0.587. The lowest BCUT2D eigenvalue weighted by atomic mass is 9.80. The van der Waals surface area contributed by atoms with E-state index in [2.05, 4.69) is 97.7 Å². The fourth-order valence-corrected chi connectivity index (χ4v) is 11.6. The van der Waals surface area contributed by atoms with Gasteiger partial charge in [-0.3, -0.25) is 5.04 Å². The lowest BCUT2D eigenvalue weighted by molar-refractivity contribution is -0.777. The van der Waals surface area contributed by atoms with Crippen LogP contribution in [0, 0.1) is 6.92 Å². The second kappa shape index (κ2) is 15.1. The minimum Gasteiger partial charge on any atom is -0.744 e. The zero-order valence-electron chi connectivity index (χ0n) is 36.7. The molecule has 0 unspecified atom stereocenters. The minimum atomic E-state index is -4.70. The quantitative estimate of drug-likeness (QED) is 0.0370. The Hall–Kier alpha value is -6.32. The number of fused-ring (bicyclic) bond motifs is 14. The molecule has 0 aromatic heterocycles. The Morgan fingerprint density at radius 2 is 1.45 bits per heavy atom. The summed E-state index contributed by atoms with van der Waals surface area (Å²) in [4.78, 5) is 14.6. The summed E-state index contributed by atoms with van der Waals surface area (Å²) in [6, 6.07) is 34.4. The van der Waals surface area contributed by atoms with Crippen LogP contribution < -0.4 is 30.0 Å². The van der Waals surface area contributed by atoms with Crippen molar-refractivity contribution in [2.75, 3.05) is 18.0 Å². The number of ether oxygens (including phenoxy) is 1. The van der Waals surface area contributed by atoms with Crippen molar-refractivity contribution in [3.05, 3.63) is 159 Å². The average Bonchev–Trinajstić information content (AvgIpc) is 3.71. The van der Waals surface area contributed by atoms with Gasteiger partial charge in [-0.1, -0.05) is 67.9 Å². The van der Waals surface area contributed by atoms with Crippen molar-refractivity contribution >= 4 is 83.0 Å². The minimum absolute atomic E-state index is 0.225. The molecule has 8 aromatic carbocycles. The van der Waals surface area contributed by atoms with Crippen molar-refractivity contribution in [1.29, 1.82) is 0 Å². The molecule has 1 N–H and O–H groups in total. The highest BCUT2D eigenvalue weighted by Crippen LogP contribution is 2.55. The van der Waals surface area contributed by atoms with E-state index in [-0.39, 0.29) is 10.5 Å². The lowest BCUT2D eigenvalue weighted by Crippen LogP contribution is -2.30. The van der Waals surface area contributed by atoms with Crippen LogP contribution >= 0.6 is 12.0 Å². The summed E-state index contributed by atoms with van der Waals surface area (Å²) in [7, 11) is -4.70. The summed E-state index contributed by atoms with van der Waals surface area (Å²) in [5, 5.41) is 33.2. The molecule has 3 aliphatic heterocycles. The van der Waals surface area contributed by atoms with E-state index in [1.807, 2.05) is 36.4 Å². The predicted octanol–water partition coefficient (Wildman–Crippen LogP) is 8.66. The van der Waals surface area contributed by atoms with Gasteiger partial charge < -0.3 is 24.6 Å². The van der Waals surface area contributed by atoms with Gasteiger partial charge in [-0.05, 0) is 125 Å². The summed E-state index contributed by atoms with van der Waals surface area (Å²) < 4.78 is 51.6. The zero-order chi connectivity index (χ0) is 46.0. The van der Waals surface area contributed by atoms with E-state index in [0.717, 1.165) is 105 Å². The maximum absolute atomic E-state index is 12.3. The number of carboxylic acid groups (broad SMARTS) is 1. The second-order valence-corrected chi connectivity index (χ2v) is 21.3. The Morgan fingerprint density at radius 3 is 2.17 bits per heavy atom. The third-order valence-corrected chi connectivity index (χ3v) is 15.0. The van der Waals surface area contributed by atoms with E-state index in [1.165, 1.54) is 17.7 Å². The van der Waals surface area contributed by atoms with Crippen LogP contribution in [0.4, 0.5) is 5.69 Å². The highest BCUT2D eigenvalue weighted by molar-refractivity contribution is 7.94. The van der Waals surface area contributed by atoms with Gasteiger partial charge in [0.1, 0.15) is 21.6 Å². The zero-order valence-corrected chi connectivity index (χ0v) is 38.4. The van der Waals surface area contributed by atoms with Crippen LogP contribution in [0.25, 0.3) is 49.2 Å². The van der Waals surface area contributed by atoms with E-state index in [4.69, 9.17) is 9.07 Å². The number of hydrogen-bond donors (Lipinski definition) is 1. The van der Waals surface area contributed by atoms with E-state index in [0.29, 0.717) is 36.5 Å². The highest BCUT2D eigenvalue weighted by Gasteiger charge is 2.45. The molecule has 0 fully saturated rings. The second-order valence-electron chi connectivity index (χ2n) is 19.1. The van der Waals surface area contributed by atoms with Crippen molar-refractivity contribution in [2.45, 2.75) is 68.3 Å². The summed E-state index contributed by atoms with van der Waals surface area (Å²) >= 11 is 0.839. The Balaban J connectivity index is 1.24. The number of hydrogen-bond acceptors (Lipinski definition) is 10. The van der Waals surface area contributed by atoms with E-state index in [9.17, 15) is 28.1 Å². The van der Waals surface area contributed by atoms with Crippen LogP contribution in [0.2, 0.25) is 0 Å². The monoisotopic (exact) mass is 915 g/mol. The number of benzene rings is 8. The van der Waals surface area contributed by atoms with Crippen LogP contribution in [0.3, 0.4) is 0 Å². The van der Waals surface area contributed by atoms with Crippen molar-refractivity contribution in [3.8, 4) is 11.5 Å². The molecule has 3 aliphatic rings. The molecule has 0 spiro atoms. The first kappa shape index (κ1) is 42.3. The third-order valence-electron chi connectivity index (χ3n) is 13.6. The van der Waals surface area contributed by atoms with Crippen molar-refractivity contribution in [1.82, 2.24) is 4.58 Å². The topological polar surface area (TPSA) is 151 Å². The van der Waals surface area contributed by atoms with E-state index >= 15 is 0 Å². The molecule has 66 heavy (non-hydrogen) atoms. The summed E-state index contributed by atoms with van der Waals surface area (Å²) in [6.07, 6.45) is 2.26. The predicted molar refractivity (Wildman–Crippen MR) is 253 cm³/mol. The van der Waals surface area contributed by atoms with Gasteiger partial charge in [-0.25, -0.2) is 17.8 Å². The Labute approximate surface area is 384 Å². The maximum Gasteiger partial charge on any atom is 0.335 e. The van der Waals surface area contributed by atoms with Gasteiger partial charge in [0.05, 0.1) is 44.6 Å². The molecule has 11 rings (SSSR count). The highest BCUT2D eigenvalue weighted by atomic mass is 32.2. The number of anilines is 1. The number of rotatable bonds is 9. The maximum atomic E-state index is 12.3. The number of carbonyl (C=O) groups is 1. The lowest BCUT2D eigenvalue weighted by Gasteiger charge is -2.28. The molecule has 3 heterocycles. The van der Waals surface area contributed by atoms with E-state index < -0.39 is 26.9 Å². The number of nitrogens with zero attached hydrogens (tertiary/aromatic N) is 2. The molecule has 0 radical (unpaired) electrons. The summed E-state index contributed by atoms with van der Waals surface area (Å²) in [6.45, 7) is 13.6. The first-order chi connectivity index (χ1) is 31.5. The third kappa shape index (κ3) is 6.92. The van der Waals surface area contributed by atoms with Crippen LogP contribution in [-0.4, -0.2) is 37.1 Å². The SMILES string of the molecule is Cc1ccc(C[N+]2=c3c(c4c(c5cc6ccc(S(=O)(=O)[O-])cc6cc35)=Cc3c(c5c(c6cc7cc(SOO[O-])ccc7cc36)N(Cc3ccc(C(=O)O)cc3)CC5(C)C)O4)C(C)(C)C2)cc1. The number of carboxylic acids is 1. The first-order valence-corrected chi connectivity index (χ1v) is 23.8. The number of aryl methyl sites for hydroxylation is 1. The van der Waals surface area contributed by atoms with E-state index in [1.54, 1.807) is 18.2 Å². The van der Waals surface area contributed by atoms with Gasteiger partial charge in [0.15, 0.2) is 13.1 Å². The Bertz CT molecular complexity index is 3680. The molecular weight excluding hydrogens is 873 g/mol. The van der Waals surface area contributed by atoms with Crippen molar-refractivity contribution in [2.24, 2.45) is 0 Å². The molecule has 13 heteroatoms. The molecule has 11 nitrogen and oxygen atoms in total. The van der Waals surface area contributed by atoms with Gasteiger partial charge in [-0.15, -0.1) is 0 Å².